The minimum atomic E-state index is 0.681. The van der Waals surface area contributed by atoms with Gasteiger partial charge in [0.05, 0.1) is 0 Å². The zero-order chi connectivity index (χ0) is 12.7. The second-order valence-electron chi connectivity index (χ2n) is 6.44. The first-order valence-electron chi connectivity index (χ1n) is 8.13. The molecule has 0 unspecified atom stereocenters. The van der Waals surface area contributed by atoms with Gasteiger partial charge in [-0.2, -0.15) is 0 Å². The van der Waals surface area contributed by atoms with Crippen LogP contribution in [-0.4, -0.2) is 26.3 Å². The van der Waals surface area contributed by atoms with Crippen LogP contribution in [0.1, 0.15) is 64.7 Å². The Labute approximate surface area is 113 Å². The zero-order valence-electron chi connectivity index (χ0n) is 12.2. The van der Waals surface area contributed by atoms with Crippen LogP contribution in [0.2, 0.25) is 0 Å². The predicted octanol–water partition coefficient (Wildman–Crippen LogP) is 3.75. The highest BCUT2D eigenvalue weighted by molar-refractivity contribution is 4.88. The smallest absolute Gasteiger partial charge is 0.0468 e. The van der Waals surface area contributed by atoms with Gasteiger partial charge in [-0.15, -0.1) is 0 Å². The van der Waals surface area contributed by atoms with Crippen molar-refractivity contribution in [2.75, 3.05) is 26.3 Å². The lowest BCUT2D eigenvalue weighted by atomic mass is 9.67. The van der Waals surface area contributed by atoms with Crippen LogP contribution in [0.25, 0.3) is 0 Å². The number of unbranched alkanes of at least 4 members (excludes halogenated alkanes) is 1. The largest absolute Gasteiger partial charge is 0.381 e. The normalized spacial score (nSPS) is 23.8. The van der Waals surface area contributed by atoms with Crippen LogP contribution in [0.5, 0.6) is 0 Å². The maximum atomic E-state index is 5.40. The van der Waals surface area contributed by atoms with Crippen molar-refractivity contribution in [3.05, 3.63) is 0 Å². The average Bonchev–Trinajstić information content (AvgIpc) is 2.37. The molecular weight excluding hydrogens is 222 g/mol. The molecule has 0 aromatic carbocycles. The van der Waals surface area contributed by atoms with Gasteiger partial charge in [0.2, 0.25) is 0 Å². The number of ether oxygens (including phenoxy) is 1. The summed E-state index contributed by atoms with van der Waals surface area (Å²) in [5.74, 6) is 0.951. The van der Waals surface area contributed by atoms with Gasteiger partial charge in [-0.1, -0.05) is 26.2 Å². The van der Waals surface area contributed by atoms with E-state index in [9.17, 15) is 0 Å². The Morgan fingerprint density at radius 3 is 2.56 bits per heavy atom. The minimum absolute atomic E-state index is 0.681. The summed E-state index contributed by atoms with van der Waals surface area (Å²) in [6.45, 7) is 6.85. The van der Waals surface area contributed by atoms with Gasteiger partial charge in [0.25, 0.3) is 0 Å². The Balaban J connectivity index is 1.43. The molecule has 2 aliphatic rings. The minimum Gasteiger partial charge on any atom is -0.381 e. The summed E-state index contributed by atoms with van der Waals surface area (Å²) in [7, 11) is 0. The molecule has 2 heteroatoms. The number of nitrogens with one attached hydrogen (secondary N) is 1. The Bertz CT molecular complexity index is 214. The van der Waals surface area contributed by atoms with Crippen molar-refractivity contribution in [1.82, 2.24) is 5.32 Å². The molecule has 1 saturated carbocycles. The fourth-order valence-corrected chi connectivity index (χ4v) is 3.40. The molecule has 1 N–H and O–H groups in total. The summed E-state index contributed by atoms with van der Waals surface area (Å²) in [5.41, 5.74) is 0.681. The van der Waals surface area contributed by atoms with E-state index in [1.54, 1.807) is 0 Å². The van der Waals surface area contributed by atoms with Gasteiger partial charge in [0, 0.05) is 19.8 Å². The van der Waals surface area contributed by atoms with Crippen molar-refractivity contribution in [2.45, 2.75) is 64.7 Å². The van der Waals surface area contributed by atoms with E-state index in [4.69, 9.17) is 4.74 Å². The van der Waals surface area contributed by atoms with Crippen LogP contribution < -0.4 is 5.32 Å². The predicted molar refractivity (Wildman–Crippen MR) is 76.8 cm³/mol. The van der Waals surface area contributed by atoms with Crippen molar-refractivity contribution >= 4 is 0 Å². The lowest BCUT2D eigenvalue weighted by Crippen LogP contribution is -2.39. The van der Waals surface area contributed by atoms with Gasteiger partial charge in [0.15, 0.2) is 0 Å². The highest BCUT2D eigenvalue weighted by Crippen LogP contribution is 2.42. The van der Waals surface area contributed by atoms with E-state index in [1.165, 1.54) is 70.9 Å². The van der Waals surface area contributed by atoms with E-state index in [1.807, 2.05) is 0 Å². The van der Waals surface area contributed by atoms with Crippen LogP contribution in [0.4, 0.5) is 0 Å². The highest BCUT2D eigenvalue weighted by Gasteiger charge is 2.34. The quantitative estimate of drug-likeness (QED) is 0.665. The summed E-state index contributed by atoms with van der Waals surface area (Å²) in [6.07, 6.45) is 12.5. The van der Waals surface area contributed by atoms with E-state index in [-0.39, 0.29) is 0 Å². The monoisotopic (exact) mass is 253 g/mol. The molecule has 1 aliphatic heterocycles. The maximum absolute atomic E-state index is 5.40. The first-order chi connectivity index (χ1) is 8.85. The fraction of sp³-hybridized carbons (Fsp3) is 1.00. The Hall–Kier alpha value is -0.0800. The SMILES string of the molecule is CCC1(CNCCCCC2CCOCC2)CCC1. The molecule has 0 aromatic heterocycles. The average molecular weight is 253 g/mol. The van der Waals surface area contributed by atoms with Crippen LogP contribution in [0.3, 0.4) is 0 Å². The van der Waals surface area contributed by atoms with Gasteiger partial charge >= 0.3 is 0 Å². The first kappa shape index (κ1) is 14.3. The Morgan fingerprint density at radius 2 is 1.94 bits per heavy atom. The fourth-order valence-electron chi connectivity index (χ4n) is 3.40. The topological polar surface area (TPSA) is 21.3 Å². The number of hydrogen-bond acceptors (Lipinski definition) is 2. The lowest BCUT2D eigenvalue weighted by molar-refractivity contribution is 0.0631. The van der Waals surface area contributed by atoms with Crippen LogP contribution in [0.15, 0.2) is 0 Å². The lowest BCUT2D eigenvalue weighted by Gasteiger charge is -2.41. The molecular formula is C16H31NO. The maximum Gasteiger partial charge on any atom is 0.0468 e. The third-order valence-electron chi connectivity index (χ3n) is 5.22. The second-order valence-corrected chi connectivity index (χ2v) is 6.44. The number of hydrogen-bond donors (Lipinski definition) is 1. The zero-order valence-corrected chi connectivity index (χ0v) is 12.2. The molecule has 106 valence electrons. The summed E-state index contributed by atoms with van der Waals surface area (Å²) in [5, 5.41) is 3.69. The van der Waals surface area contributed by atoms with E-state index in [0.717, 1.165) is 19.1 Å². The van der Waals surface area contributed by atoms with Crippen molar-refractivity contribution in [2.24, 2.45) is 11.3 Å². The molecule has 0 spiro atoms. The third kappa shape index (κ3) is 4.24. The molecule has 0 bridgehead atoms. The highest BCUT2D eigenvalue weighted by atomic mass is 16.5. The van der Waals surface area contributed by atoms with Crippen molar-refractivity contribution in [1.29, 1.82) is 0 Å². The van der Waals surface area contributed by atoms with E-state index in [2.05, 4.69) is 12.2 Å². The standard InChI is InChI=1S/C16H31NO/c1-2-16(9-5-10-16)14-17-11-4-3-6-15-7-12-18-13-8-15/h15,17H,2-14H2,1H3. The molecule has 1 saturated heterocycles. The molecule has 0 amide bonds. The Kier molecular flexibility index (Phi) is 5.97. The van der Waals surface area contributed by atoms with Crippen molar-refractivity contribution < 1.29 is 4.74 Å². The molecule has 0 atom stereocenters. The summed E-state index contributed by atoms with van der Waals surface area (Å²) in [4.78, 5) is 0. The van der Waals surface area contributed by atoms with Gasteiger partial charge in [-0.3, -0.25) is 0 Å². The molecule has 2 fully saturated rings. The van der Waals surface area contributed by atoms with Gasteiger partial charge in [-0.05, 0) is 56.4 Å². The van der Waals surface area contributed by atoms with Crippen molar-refractivity contribution in [3.63, 3.8) is 0 Å². The van der Waals surface area contributed by atoms with Gasteiger partial charge in [-0.25, -0.2) is 0 Å². The van der Waals surface area contributed by atoms with E-state index in [0.29, 0.717) is 5.41 Å². The molecule has 2 nitrogen and oxygen atoms in total. The molecule has 0 aromatic rings. The second kappa shape index (κ2) is 7.49. The molecule has 18 heavy (non-hydrogen) atoms. The van der Waals surface area contributed by atoms with Crippen LogP contribution in [0, 0.1) is 11.3 Å². The van der Waals surface area contributed by atoms with E-state index >= 15 is 0 Å². The van der Waals surface area contributed by atoms with Crippen LogP contribution >= 0.6 is 0 Å². The third-order valence-corrected chi connectivity index (χ3v) is 5.22. The molecule has 1 heterocycles. The summed E-state index contributed by atoms with van der Waals surface area (Å²) < 4.78 is 5.40. The van der Waals surface area contributed by atoms with Crippen LogP contribution in [-0.2, 0) is 4.74 Å². The first-order valence-corrected chi connectivity index (χ1v) is 8.13. The molecule has 0 radical (unpaired) electrons. The van der Waals surface area contributed by atoms with Gasteiger partial charge < -0.3 is 10.1 Å². The molecule has 1 aliphatic carbocycles. The Morgan fingerprint density at radius 1 is 1.17 bits per heavy atom. The van der Waals surface area contributed by atoms with E-state index < -0.39 is 0 Å². The number of rotatable bonds is 8. The molecule has 2 rings (SSSR count). The van der Waals surface area contributed by atoms with Crippen molar-refractivity contribution in [3.8, 4) is 0 Å². The summed E-state index contributed by atoms with van der Waals surface area (Å²) >= 11 is 0. The van der Waals surface area contributed by atoms with Gasteiger partial charge in [0.1, 0.15) is 0 Å². The summed E-state index contributed by atoms with van der Waals surface area (Å²) in [6, 6.07) is 0.